The first-order valence-corrected chi connectivity index (χ1v) is 6.41. The van der Waals surface area contributed by atoms with E-state index in [1.165, 1.54) is 6.07 Å². The number of primary sulfonamides is 1. The van der Waals surface area contributed by atoms with Crippen LogP contribution in [0.2, 0.25) is 0 Å². The summed E-state index contributed by atoms with van der Waals surface area (Å²) in [6.07, 6.45) is 0. The molecule has 0 heterocycles. The monoisotopic (exact) mass is 379 g/mol. The van der Waals surface area contributed by atoms with Gasteiger partial charge in [0.25, 0.3) is 0 Å². The summed E-state index contributed by atoms with van der Waals surface area (Å²) in [5.41, 5.74) is 0. The molecule has 0 unspecified atom stereocenters. The second-order valence-corrected chi connectivity index (χ2v) is 5.84. The number of hydrogen-bond acceptors (Lipinski definition) is 2. The number of halogens is 3. The van der Waals surface area contributed by atoms with E-state index in [1.54, 1.807) is 0 Å². The van der Waals surface area contributed by atoms with E-state index < -0.39 is 20.7 Å². The average molecular weight is 380 g/mol. The fourth-order valence-corrected chi connectivity index (χ4v) is 3.59. The van der Waals surface area contributed by atoms with Crippen LogP contribution in [0, 0.1) is 9.39 Å². The lowest BCUT2D eigenvalue weighted by atomic mass is 10.3. The molecule has 0 aromatic heterocycles. The van der Waals surface area contributed by atoms with E-state index in [2.05, 4.69) is 15.9 Å². The van der Waals surface area contributed by atoms with Crippen LogP contribution in [0.1, 0.15) is 0 Å². The number of benzene rings is 1. The largest absolute Gasteiger partial charge is 0.242 e. The Balaban J connectivity index is 3.57. The third kappa shape index (κ3) is 2.61. The molecule has 1 aromatic carbocycles. The molecule has 3 nitrogen and oxygen atoms in total. The van der Waals surface area contributed by atoms with E-state index in [0.29, 0.717) is 3.57 Å². The van der Waals surface area contributed by atoms with Crippen molar-refractivity contribution in [2.45, 2.75) is 4.90 Å². The Morgan fingerprint density at radius 3 is 2.38 bits per heavy atom. The van der Waals surface area contributed by atoms with Crippen LogP contribution < -0.4 is 5.14 Å². The zero-order chi connectivity index (χ0) is 10.2. The SMILES string of the molecule is NS(=O)(=O)c1c(F)cc(I)cc1Br. The summed E-state index contributed by atoms with van der Waals surface area (Å²) in [7, 11) is -4.01. The quantitative estimate of drug-likeness (QED) is 0.757. The van der Waals surface area contributed by atoms with Crippen LogP contribution in [0.3, 0.4) is 0 Å². The maximum atomic E-state index is 13.1. The minimum Gasteiger partial charge on any atom is -0.224 e. The van der Waals surface area contributed by atoms with Gasteiger partial charge in [0.05, 0.1) is 0 Å². The number of hydrogen-bond donors (Lipinski definition) is 1. The average Bonchev–Trinajstić information content (AvgIpc) is 1.78. The Morgan fingerprint density at radius 1 is 1.46 bits per heavy atom. The summed E-state index contributed by atoms with van der Waals surface area (Å²) in [5.74, 6) is -0.846. The van der Waals surface area contributed by atoms with Gasteiger partial charge in [-0.1, -0.05) is 0 Å². The maximum Gasteiger partial charge on any atom is 0.242 e. The van der Waals surface area contributed by atoms with Crippen LogP contribution in [-0.4, -0.2) is 8.42 Å². The maximum absolute atomic E-state index is 13.1. The summed E-state index contributed by atoms with van der Waals surface area (Å²) in [4.78, 5) is -0.507. The summed E-state index contributed by atoms with van der Waals surface area (Å²) >= 11 is 4.80. The number of rotatable bonds is 1. The second-order valence-electron chi connectivity index (χ2n) is 2.24. The van der Waals surface area contributed by atoms with Crippen LogP contribution in [0.5, 0.6) is 0 Å². The van der Waals surface area contributed by atoms with Gasteiger partial charge in [-0.25, -0.2) is 17.9 Å². The molecule has 1 aromatic rings. The third-order valence-electron chi connectivity index (χ3n) is 1.25. The molecule has 13 heavy (non-hydrogen) atoms. The molecule has 0 aliphatic carbocycles. The molecule has 0 atom stereocenters. The normalized spacial score (nSPS) is 11.7. The van der Waals surface area contributed by atoms with Gasteiger partial charge in [-0.2, -0.15) is 0 Å². The van der Waals surface area contributed by atoms with Crippen molar-refractivity contribution in [1.82, 2.24) is 0 Å². The highest BCUT2D eigenvalue weighted by Crippen LogP contribution is 2.26. The van der Waals surface area contributed by atoms with Gasteiger partial charge in [-0.05, 0) is 50.7 Å². The van der Waals surface area contributed by atoms with Gasteiger partial charge in [0.2, 0.25) is 10.0 Å². The second kappa shape index (κ2) is 3.79. The summed E-state index contributed by atoms with van der Waals surface area (Å²) in [5, 5.41) is 4.81. The summed E-state index contributed by atoms with van der Waals surface area (Å²) in [6.45, 7) is 0. The fourth-order valence-electron chi connectivity index (χ4n) is 0.801. The first-order valence-electron chi connectivity index (χ1n) is 2.99. The molecule has 0 fully saturated rings. The van der Waals surface area contributed by atoms with Gasteiger partial charge in [0.15, 0.2) is 0 Å². The Bertz CT molecular complexity index is 425. The topological polar surface area (TPSA) is 60.2 Å². The van der Waals surface area contributed by atoms with Crippen molar-refractivity contribution in [2.24, 2.45) is 5.14 Å². The van der Waals surface area contributed by atoms with Gasteiger partial charge >= 0.3 is 0 Å². The molecule has 0 aliphatic heterocycles. The van der Waals surface area contributed by atoms with Crippen LogP contribution in [0.4, 0.5) is 4.39 Å². The molecule has 0 saturated carbocycles. The van der Waals surface area contributed by atoms with Crippen molar-refractivity contribution in [1.29, 1.82) is 0 Å². The Labute approximate surface area is 96.8 Å². The van der Waals surface area contributed by atoms with Crippen molar-refractivity contribution < 1.29 is 12.8 Å². The lowest BCUT2D eigenvalue weighted by Crippen LogP contribution is -2.15. The highest BCUT2D eigenvalue weighted by molar-refractivity contribution is 14.1. The zero-order valence-corrected chi connectivity index (χ0v) is 10.7. The van der Waals surface area contributed by atoms with E-state index in [-0.39, 0.29) is 4.47 Å². The molecule has 0 radical (unpaired) electrons. The third-order valence-corrected chi connectivity index (χ3v) is 3.74. The van der Waals surface area contributed by atoms with Gasteiger partial charge < -0.3 is 0 Å². The van der Waals surface area contributed by atoms with Crippen LogP contribution in [0.15, 0.2) is 21.5 Å². The van der Waals surface area contributed by atoms with Crippen LogP contribution >= 0.6 is 38.5 Å². The molecular formula is C6H4BrFINO2S. The van der Waals surface area contributed by atoms with E-state index in [4.69, 9.17) is 5.14 Å². The number of sulfonamides is 1. The Hall–Kier alpha value is 0.270. The minimum absolute atomic E-state index is 0.138. The first kappa shape index (κ1) is 11.3. The van der Waals surface area contributed by atoms with E-state index in [9.17, 15) is 12.8 Å². The van der Waals surface area contributed by atoms with Crippen molar-refractivity contribution in [3.8, 4) is 0 Å². The summed E-state index contributed by atoms with van der Waals surface area (Å²) < 4.78 is 35.6. The van der Waals surface area contributed by atoms with E-state index in [0.717, 1.165) is 6.07 Å². The van der Waals surface area contributed by atoms with Gasteiger partial charge in [-0.3, -0.25) is 0 Å². The molecule has 2 N–H and O–H groups in total. The van der Waals surface area contributed by atoms with Gasteiger partial charge in [-0.15, -0.1) is 0 Å². The lowest BCUT2D eigenvalue weighted by Gasteiger charge is -2.03. The van der Waals surface area contributed by atoms with Crippen LogP contribution in [0.25, 0.3) is 0 Å². The minimum atomic E-state index is -4.01. The van der Waals surface area contributed by atoms with E-state index >= 15 is 0 Å². The highest BCUT2D eigenvalue weighted by Gasteiger charge is 2.18. The predicted octanol–water partition coefficient (Wildman–Crippen LogP) is 1.84. The fraction of sp³-hybridized carbons (Fsp3) is 0. The zero-order valence-electron chi connectivity index (χ0n) is 6.09. The van der Waals surface area contributed by atoms with Gasteiger partial charge in [0.1, 0.15) is 10.7 Å². The van der Waals surface area contributed by atoms with E-state index in [1.807, 2.05) is 22.6 Å². The molecule has 0 spiro atoms. The lowest BCUT2D eigenvalue weighted by molar-refractivity contribution is 0.565. The van der Waals surface area contributed by atoms with Crippen molar-refractivity contribution in [3.05, 3.63) is 26.0 Å². The molecule has 0 saturated heterocycles. The standard InChI is InChI=1S/C6H4BrFINO2S/c7-4-1-3(9)2-5(8)6(4)13(10,11)12/h1-2H,(H2,10,11,12). The number of nitrogens with two attached hydrogens (primary N) is 1. The molecule has 0 bridgehead atoms. The molecule has 0 amide bonds. The highest BCUT2D eigenvalue weighted by atomic mass is 127. The molecule has 7 heteroatoms. The Morgan fingerprint density at radius 2 is 2.00 bits per heavy atom. The summed E-state index contributed by atoms with van der Waals surface area (Å²) in [6, 6.07) is 2.58. The van der Waals surface area contributed by atoms with Crippen LogP contribution in [-0.2, 0) is 10.0 Å². The Kier molecular flexibility index (Phi) is 3.31. The molecule has 0 aliphatic rings. The van der Waals surface area contributed by atoms with Gasteiger partial charge in [0, 0.05) is 8.04 Å². The molecular weight excluding hydrogens is 376 g/mol. The van der Waals surface area contributed by atoms with Crippen molar-refractivity contribution in [2.75, 3.05) is 0 Å². The van der Waals surface area contributed by atoms with Crippen molar-refractivity contribution >= 4 is 48.5 Å². The first-order chi connectivity index (χ1) is 5.82. The molecule has 72 valence electrons. The molecule has 1 rings (SSSR count). The van der Waals surface area contributed by atoms with Crippen molar-refractivity contribution in [3.63, 3.8) is 0 Å². The predicted molar refractivity (Wildman–Crippen MR) is 58.2 cm³/mol. The smallest absolute Gasteiger partial charge is 0.224 e.